The summed E-state index contributed by atoms with van der Waals surface area (Å²) >= 11 is 1.62. The number of amides is 1. The lowest BCUT2D eigenvalue weighted by Crippen LogP contribution is -2.21. The van der Waals surface area contributed by atoms with Gasteiger partial charge in [0.15, 0.2) is 0 Å². The summed E-state index contributed by atoms with van der Waals surface area (Å²) in [5, 5.41) is 9.48. The number of aromatic nitrogens is 2. The molecule has 2 aromatic rings. The molecule has 5 heteroatoms. The third-order valence-electron chi connectivity index (χ3n) is 3.82. The highest BCUT2D eigenvalue weighted by Crippen LogP contribution is 2.23. The molecule has 4 nitrogen and oxygen atoms in total. The fourth-order valence-corrected chi connectivity index (χ4v) is 3.39. The SMILES string of the molecule is Cn1nc(CNC(=O)/C=C/c2cccs2)c2c1CCCC2. The van der Waals surface area contributed by atoms with Gasteiger partial charge in [-0.2, -0.15) is 5.10 Å². The van der Waals surface area contributed by atoms with Crippen LogP contribution in [0.5, 0.6) is 0 Å². The molecule has 0 bridgehead atoms. The molecule has 0 aromatic carbocycles. The Balaban J connectivity index is 1.61. The van der Waals surface area contributed by atoms with E-state index in [0.717, 1.165) is 23.4 Å². The van der Waals surface area contributed by atoms with E-state index in [-0.39, 0.29) is 5.91 Å². The molecule has 1 aliphatic carbocycles. The third kappa shape index (κ3) is 3.24. The number of hydrogen-bond donors (Lipinski definition) is 1. The molecule has 0 atom stereocenters. The zero-order valence-corrected chi connectivity index (χ0v) is 12.9. The predicted octanol–water partition coefficient (Wildman–Crippen LogP) is 2.69. The van der Waals surface area contributed by atoms with E-state index in [1.54, 1.807) is 17.4 Å². The second-order valence-corrected chi connectivity index (χ2v) is 6.25. The summed E-state index contributed by atoms with van der Waals surface area (Å²) in [6, 6.07) is 3.96. The molecule has 2 heterocycles. The van der Waals surface area contributed by atoms with E-state index >= 15 is 0 Å². The van der Waals surface area contributed by atoms with Crippen LogP contribution in [0.15, 0.2) is 23.6 Å². The summed E-state index contributed by atoms with van der Waals surface area (Å²) < 4.78 is 1.97. The highest BCUT2D eigenvalue weighted by Gasteiger charge is 2.18. The zero-order chi connectivity index (χ0) is 14.7. The van der Waals surface area contributed by atoms with Crippen LogP contribution in [0.1, 0.15) is 34.7 Å². The normalized spacial score (nSPS) is 14.3. The number of thiophene rings is 1. The Kier molecular flexibility index (Phi) is 4.20. The number of carbonyl (C=O) groups is 1. The first-order chi connectivity index (χ1) is 10.2. The number of nitrogens with one attached hydrogen (secondary N) is 1. The van der Waals surface area contributed by atoms with Gasteiger partial charge in [0.05, 0.1) is 12.2 Å². The van der Waals surface area contributed by atoms with E-state index in [9.17, 15) is 4.79 Å². The van der Waals surface area contributed by atoms with Gasteiger partial charge in [-0.15, -0.1) is 11.3 Å². The van der Waals surface area contributed by atoms with Gasteiger partial charge < -0.3 is 5.32 Å². The molecule has 1 N–H and O–H groups in total. The summed E-state index contributed by atoms with van der Waals surface area (Å²) in [6.07, 6.45) is 8.07. The minimum Gasteiger partial charge on any atom is -0.347 e. The van der Waals surface area contributed by atoms with Crippen molar-refractivity contribution >= 4 is 23.3 Å². The van der Waals surface area contributed by atoms with Crippen LogP contribution in [0.4, 0.5) is 0 Å². The Hall–Kier alpha value is -1.88. The largest absolute Gasteiger partial charge is 0.347 e. The number of nitrogens with zero attached hydrogens (tertiary/aromatic N) is 2. The van der Waals surface area contributed by atoms with Crippen LogP contribution < -0.4 is 5.32 Å². The predicted molar refractivity (Wildman–Crippen MR) is 85.0 cm³/mol. The molecule has 21 heavy (non-hydrogen) atoms. The average molecular weight is 301 g/mol. The van der Waals surface area contributed by atoms with Gasteiger partial charge >= 0.3 is 0 Å². The van der Waals surface area contributed by atoms with Gasteiger partial charge in [-0.1, -0.05) is 6.07 Å². The number of rotatable bonds is 4. The van der Waals surface area contributed by atoms with E-state index in [2.05, 4.69) is 10.4 Å². The van der Waals surface area contributed by atoms with Crippen LogP contribution in [0, 0.1) is 0 Å². The van der Waals surface area contributed by atoms with Crippen molar-refractivity contribution in [1.82, 2.24) is 15.1 Å². The standard InChI is InChI=1S/C16H19N3OS/c1-19-15-7-3-2-6-13(15)14(18-19)11-17-16(20)9-8-12-5-4-10-21-12/h4-5,8-10H,2-3,6-7,11H2,1H3,(H,17,20)/b9-8+. The van der Waals surface area contributed by atoms with Crippen LogP contribution >= 0.6 is 11.3 Å². The Morgan fingerprint density at radius 3 is 3.14 bits per heavy atom. The molecule has 0 aliphatic heterocycles. The van der Waals surface area contributed by atoms with Crippen LogP contribution in [-0.4, -0.2) is 15.7 Å². The van der Waals surface area contributed by atoms with Crippen molar-refractivity contribution in [3.63, 3.8) is 0 Å². The van der Waals surface area contributed by atoms with Gasteiger partial charge in [0, 0.05) is 23.7 Å². The first-order valence-corrected chi connectivity index (χ1v) is 8.15. The van der Waals surface area contributed by atoms with Gasteiger partial charge in [-0.25, -0.2) is 0 Å². The molecule has 0 saturated heterocycles. The second kappa shape index (κ2) is 6.26. The zero-order valence-electron chi connectivity index (χ0n) is 12.1. The summed E-state index contributed by atoms with van der Waals surface area (Å²) in [7, 11) is 1.99. The molecule has 110 valence electrons. The minimum atomic E-state index is -0.0707. The highest BCUT2D eigenvalue weighted by molar-refractivity contribution is 7.10. The molecule has 3 rings (SSSR count). The molecule has 1 amide bonds. The summed E-state index contributed by atoms with van der Waals surface area (Å²) in [4.78, 5) is 12.9. The van der Waals surface area contributed by atoms with Crippen LogP contribution in [0.3, 0.4) is 0 Å². The minimum absolute atomic E-state index is 0.0707. The van der Waals surface area contributed by atoms with E-state index in [1.165, 1.54) is 24.1 Å². The maximum atomic E-state index is 11.9. The fourth-order valence-electron chi connectivity index (χ4n) is 2.77. The van der Waals surface area contributed by atoms with Crippen molar-refractivity contribution in [1.29, 1.82) is 0 Å². The first kappa shape index (κ1) is 14.1. The maximum Gasteiger partial charge on any atom is 0.244 e. The lowest BCUT2D eigenvalue weighted by atomic mass is 9.96. The van der Waals surface area contributed by atoms with Crippen LogP contribution in [0.25, 0.3) is 6.08 Å². The van der Waals surface area contributed by atoms with E-state index in [1.807, 2.05) is 35.3 Å². The Morgan fingerprint density at radius 1 is 1.48 bits per heavy atom. The second-order valence-electron chi connectivity index (χ2n) is 5.27. The number of fused-ring (bicyclic) bond motifs is 1. The van der Waals surface area contributed by atoms with Gasteiger partial charge in [-0.05, 0) is 48.8 Å². The summed E-state index contributed by atoms with van der Waals surface area (Å²) in [5.74, 6) is -0.0707. The topological polar surface area (TPSA) is 46.9 Å². The molecule has 0 unspecified atom stereocenters. The molecule has 0 saturated carbocycles. The molecular formula is C16H19N3OS. The quantitative estimate of drug-likeness (QED) is 0.883. The smallest absolute Gasteiger partial charge is 0.244 e. The van der Waals surface area contributed by atoms with Crippen molar-refractivity contribution in [2.24, 2.45) is 7.05 Å². The van der Waals surface area contributed by atoms with Gasteiger partial charge in [0.25, 0.3) is 0 Å². The monoisotopic (exact) mass is 301 g/mol. The molecule has 0 radical (unpaired) electrons. The van der Waals surface area contributed by atoms with Crippen LogP contribution in [-0.2, 0) is 31.2 Å². The van der Waals surface area contributed by atoms with Crippen molar-refractivity contribution in [3.05, 3.63) is 45.4 Å². The van der Waals surface area contributed by atoms with Crippen molar-refractivity contribution in [3.8, 4) is 0 Å². The van der Waals surface area contributed by atoms with Crippen LogP contribution in [0.2, 0.25) is 0 Å². The van der Waals surface area contributed by atoms with E-state index in [4.69, 9.17) is 0 Å². The lowest BCUT2D eigenvalue weighted by molar-refractivity contribution is -0.116. The molecule has 2 aromatic heterocycles. The molecule has 0 spiro atoms. The summed E-state index contributed by atoms with van der Waals surface area (Å²) in [6.45, 7) is 0.511. The first-order valence-electron chi connectivity index (χ1n) is 7.27. The van der Waals surface area contributed by atoms with Crippen molar-refractivity contribution in [2.75, 3.05) is 0 Å². The third-order valence-corrected chi connectivity index (χ3v) is 4.66. The maximum absolute atomic E-state index is 11.9. The molecular weight excluding hydrogens is 282 g/mol. The van der Waals surface area contributed by atoms with E-state index in [0.29, 0.717) is 6.54 Å². The Labute approximate surface area is 128 Å². The number of hydrogen-bond acceptors (Lipinski definition) is 3. The summed E-state index contributed by atoms with van der Waals surface area (Å²) in [5.41, 5.74) is 3.69. The molecule has 1 aliphatic rings. The van der Waals surface area contributed by atoms with Crippen molar-refractivity contribution < 1.29 is 4.79 Å². The van der Waals surface area contributed by atoms with Crippen molar-refractivity contribution in [2.45, 2.75) is 32.2 Å². The highest BCUT2D eigenvalue weighted by atomic mass is 32.1. The Morgan fingerprint density at radius 2 is 2.33 bits per heavy atom. The average Bonchev–Trinajstić information content (AvgIpc) is 3.12. The van der Waals surface area contributed by atoms with Gasteiger partial charge in [0.2, 0.25) is 5.91 Å². The van der Waals surface area contributed by atoms with Gasteiger partial charge in [0.1, 0.15) is 0 Å². The van der Waals surface area contributed by atoms with Gasteiger partial charge in [-0.3, -0.25) is 9.48 Å². The molecule has 0 fully saturated rings. The van der Waals surface area contributed by atoms with E-state index < -0.39 is 0 Å². The number of carbonyl (C=O) groups excluding carboxylic acids is 1. The fraction of sp³-hybridized carbons (Fsp3) is 0.375. The number of aryl methyl sites for hydroxylation is 1. The Bertz CT molecular complexity index is 655. The lowest BCUT2D eigenvalue weighted by Gasteiger charge is -2.12.